The lowest BCUT2D eigenvalue weighted by molar-refractivity contribution is -0.120. The van der Waals surface area contributed by atoms with E-state index in [1.807, 2.05) is 24.3 Å². The Morgan fingerprint density at radius 3 is 2.75 bits per heavy atom. The molecule has 1 aliphatic rings. The van der Waals surface area contributed by atoms with E-state index >= 15 is 0 Å². The van der Waals surface area contributed by atoms with Crippen molar-refractivity contribution in [1.82, 2.24) is 15.6 Å². The quantitative estimate of drug-likeness (QED) is 0.906. The number of carbonyl (C=O) groups excluding carboxylic acids is 2. The molecule has 1 aromatic carbocycles. The molecular weight excluding hydrogens is 304 g/mol. The summed E-state index contributed by atoms with van der Waals surface area (Å²) in [5.41, 5.74) is 2.59. The van der Waals surface area contributed by atoms with Gasteiger partial charge in [-0.15, -0.1) is 0 Å². The van der Waals surface area contributed by atoms with Crippen LogP contribution in [0.25, 0.3) is 0 Å². The summed E-state index contributed by atoms with van der Waals surface area (Å²) in [6.07, 6.45) is 4.27. The molecule has 6 heteroatoms. The summed E-state index contributed by atoms with van der Waals surface area (Å²) >= 11 is 0. The Balaban J connectivity index is 1.78. The Labute approximate surface area is 140 Å². The normalized spacial score (nSPS) is 17.0. The third kappa shape index (κ3) is 3.65. The Bertz CT molecular complexity index is 769. The molecule has 2 aromatic rings. The number of aliphatic imine (C=N–C) groups is 1. The van der Waals surface area contributed by atoms with Crippen molar-refractivity contribution >= 4 is 17.8 Å². The van der Waals surface area contributed by atoms with Crippen molar-refractivity contribution in [3.8, 4) is 0 Å². The number of amides is 2. The topological polar surface area (TPSA) is 83.5 Å². The fraction of sp³-hybridized carbons (Fsp3) is 0.222. The van der Waals surface area contributed by atoms with Gasteiger partial charge in [-0.3, -0.25) is 25.2 Å². The van der Waals surface area contributed by atoms with Crippen molar-refractivity contribution in [1.29, 1.82) is 0 Å². The van der Waals surface area contributed by atoms with Gasteiger partial charge in [0.25, 0.3) is 5.91 Å². The number of nitrogens with zero attached hydrogens (tertiary/aromatic N) is 2. The van der Waals surface area contributed by atoms with Crippen LogP contribution in [0.1, 0.15) is 40.9 Å². The lowest BCUT2D eigenvalue weighted by Gasteiger charge is -2.21. The zero-order chi connectivity index (χ0) is 16.9. The van der Waals surface area contributed by atoms with E-state index in [-0.39, 0.29) is 30.2 Å². The number of hydrogen-bond donors (Lipinski definition) is 2. The van der Waals surface area contributed by atoms with E-state index in [1.54, 1.807) is 18.3 Å². The van der Waals surface area contributed by atoms with Crippen LogP contribution in [0.3, 0.4) is 0 Å². The molecule has 6 nitrogen and oxygen atoms in total. The minimum absolute atomic E-state index is 0.170. The zero-order valence-electron chi connectivity index (χ0n) is 13.3. The van der Waals surface area contributed by atoms with E-state index in [0.717, 1.165) is 12.0 Å². The summed E-state index contributed by atoms with van der Waals surface area (Å²) in [6.45, 7) is 2.09. The van der Waals surface area contributed by atoms with Gasteiger partial charge in [-0.25, -0.2) is 4.99 Å². The molecule has 2 N–H and O–H groups in total. The number of pyridine rings is 1. The predicted octanol–water partition coefficient (Wildman–Crippen LogP) is 1.99. The van der Waals surface area contributed by atoms with E-state index in [4.69, 9.17) is 0 Å². The van der Waals surface area contributed by atoms with E-state index in [2.05, 4.69) is 27.5 Å². The van der Waals surface area contributed by atoms with Crippen molar-refractivity contribution in [3.05, 3.63) is 65.5 Å². The van der Waals surface area contributed by atoms with Gasteiger partial charge in [0.05, 0.1) is 18.0 Å². The molecule has 0 spiro atoms. The van der Waals surface area contributed by atoms with Crippen LogP contribution < -0.4 is 10.6 Å². The molecule has 0 radical (unpaired) electrons. The number of aryl methyl sites for hydroxylation is 1. The largest absolute Gasteiger partial charge is 0.296 e. The first kappa shape index (κ1) is 15.9. The maximum absolute atomic E-state index is 12.2. The molecule has 122 valence electrons. The van der Waals surface area contributed by atoms with Gasteiger partial charge in [0, 0.05) is 12.4 Å². The second kappa shape index (κ2) is 7.04. The minimum atomic E-state index is -0.357. The molecule has 0 saturated heterocycles. The molecule has 0 saturated carbocycles. The molecule has 2 heterocycles. The van der Waals surface area contributed by atoms with Gasteiger partial charge in [-0.2, -0.15) is 0 Å². The molecule has 1 aliphatic heterocycles. The van der Waals surface area contributed by atoms with Crippen molar-refractivity contribution in [2.45, 2.75) is 25.8 Å². The second-order valence-corrected chi connectivity index (χ2v) is 5.54. The summed E-state index contributed by atoms with van der Waals surface area (Å²) in [7, 11) is 0. The maximum Gasteiger partial charge on any atom is 0.259 e. The third-order valence-corrected chi connectivity index (χ3v) is 3.85. The average Bonchev–Trinajstić information content (AvgIpc) is 2.62. The molecule has 1 atom stereocenters. The second-order valence-electron chi connectivity index (χ2n) is 5.54. The van der Waals surface area contributed by atoms with Gasteiger partial charge in [-0.1, -0.05) is 31.2 Å². The fourth-order valence-electron chi connectivity index (χ4n) is 2.50. The van der Waals surface area contributed by atoms with E-state index in [0.29, 0.717) is 5.56 Å². The number of aromatic nitrogens is 1. The lowest BCUT2D eigenvalue weighted by Crippen LogP contribution is -2.47. The first-order chi connectivity index (χ1) is 11.7. The van der Waals surface area contributed by atoms with Gasteiger partial charge in [0.2, 0.25) is 11.9 Å². The Kier molecular flexibility index (Phi) is 4.65. The predicted molar refractivity (Wildman–Crippen MR) is 90.5 cm³/mol. The number of benzene rings is 1. The van der Waals surface area contributed by atoms with Crippen LogP contribution in [-0.2, 0) is 11.2 Å². The first-order valence-electron chi connectivity index (χ1n) is 7.83. The van der Waals surface area contributed by atoms with E-state index in [1.165, 1.54) is 11.8 Å². The van der Waals surface area contributed by atoms with Crippen molar-refractivity contribution in [2.75, 3.05) is 0 Å². The van der Waals surface area contributed by atoms with Crippen LogP contribution >= 0.6 is 0 Å². The molecule has 24 heavy (non-hydrogen) atoms. The van der Waals surface area contributed by atoms with Crippen molar-refractivity contribution in [2.24, 2.45) is 4.99 Å². The summed E-state index contributed by atoms with van der Waals surface area (Å²) < 4.78 is 0. The Hall–Kier alpha value is -3.02. The van der Waals surface area contributed by atoms with Crippen LogP contribution in [0.5, 0.6) is 0 Å². The maximum atomic E-state index is 12.2. The lowest BCUT2D eigenvalue weighted by atomic mass is 10.0. The monoisotopic (exact) mass is 322 g/mol. The zero-order valence-corrected chi connectivity index (χ0v) is 13.3. The standard InChI is InChI=1S/C18H18N4O2/c1-2-12-5-7-13(8-6-12)15-10-16(23)21-18(20-15)22-17(24)14-4-3-9-19-11-14/h3-9,11,15H,2,10H2,1H3,(H2,20,21,22,23,24)/t15-/m1/s1. The van der Waals surface area contributed by atoms with Crippen molar-refractivity contribution in [3.63, 3.8) is 0 Å². The average molecular weight is 322 g/mol. The van der Waals surface area contributed by atoms with Crippen LogP contribution in [0.4, 0.5) is 0 Å². The Morgan fingerprint density at radius 1 is 1.29 bits per heavy atom. The molecule has 0 unspecified atom stereocenters. The molecular formula is C18H18N4O2. The number of nitrogens with one attached hydrogen (secondary N) is 2. The Morgan fingerprint density at radius 2 is 2.08 bits per heavy atom. The molecule has 1 aromatic heterocycles. The highest BCUT2D eigenvalue weighted by Gasteiger charge is 2.23. The summed E-state index contributed by atoms with van der Waals surface area (Å²) in [6, 6.07) is 11.0. The number of rotatable bonds is 3. The minimum Gasteiger partial charge on any atom is -0.296 e. The number of guanidine groups is 1. The van der Waals surface area contributed by atoms with E-state index in [9.17, 15) is 9.59 Å². The number of hydrogen-bond acceptors (Lipinski definition) is 4. The fourth-order valence-corrected chi connectivity index (χ4v) is 2.50. The molecule has 2 amide bonds. The van der Waals surface area contributed by atoms with Gasteiger partial charge >= 0.3 is 0 Å². The highest BCUT2D eigenvalue weighted by atomic mass is 16.2. The van der Waals surface area contributed by atoms with Crippen LogP contribution in [-0.4, -0.2) is 22.8 Å². The highest BCUT2D eigenvalue weighted by Crippen LogP contribution is 2.23. The summed E-state index contributed by atoms with van der Waals surface area (Å²) in [5, 5.41) is 5.23. The molecule has 3 rings (SSSR count). The SMILES string of the molecule is CCc1ccc([C@H]2CC(=O)NC(NC(=O)c3cccnc3)=N2)cc1. The van der Waals surface area contributed by atoms with Crippen LogP contribution in [0.2, 0.25) is 0 Å². The molecule has 0 fully saturated rings. The smallest absolute Gasteiger partial charge is 0.259 e. The highest BCUT2D eigenvalue weighted by molar-refractivity contribution is 6.10. The molecule has 0 aliphatic carbocycles. The summed E-state index contributed by atoms with van der Waals surface area (Å²) in [5.74, 6) is -0.357. The summed E-state index contributed by atoms with van der Waals surface area (Å²) in [4.78, 5) is 32.5. The van der Waals surface area contributed by atoms with Crippen LogP contribution in [0.15, 0.2) is 53.8 Å². The van der Waals surface area contributed by atoms with Gasteiger partial charge in [0.1, 0.15) is 0 Å². The van der Waals surface area contributed by atoms with Crippen molar-refractivity contribution < 1.29 is 9.59 Å². The van der Waals surface area contributed by atoms with Gasteiger partial charge < -0.3 is 0 Å². The van der Waals surface area contributed by atoms with E-state index < -0.39 is 0 Å². The third-order valence-electron chi connectivity index (χ3n) is 3.85. The first-order valence-corrected chi connectivity index (χ1v) is 7.83. The van der Waals surface area contributed by atoms with Crippen LogP contribution in [0, 0.1) is 0 Å². The van der Waals surface area contributed by atoms with Gasteiger partial charge in [-0.05, 0) is 29.7 Å². The number of carbonyl (C=O) groups is 2. The molecule has 0 bridgehead atoms. The van der Waals surface area contributed by atoms with Gasteiger partial charge in [0.15, 0.2) is 0 Å².